The van der Waals surface area contributed by atoms with Gasteiger partial charge in [-0.3, -0.25) is 14.6 Å². The molecule has 3 aromatic rings. The standard InChI is InChI=1S/C17H23N5O3S.C9H11NO/c1-11-8-9-15(13-6-3-2-5-12(11)13)26(24,25)22-14(16(18)23)7-4-10-21-17(19)20;10-9(11)7-6-8-4-2-1-3-5-8/h2-3,5-6,8-9,14,22H,4,7,10H2,1H3,(H2,18,23)(H4,19,20,21);1-5H,6-7H2,(H2,10,11). The van der Waals surface area contributed by atoms with Crippen LogP contribution in [0.2, 0.25) is 0 Å². The summed E-state index contributed by atoms with van der Waals surface area (Å²) in [5.74, 6) is -1.06. The Morgan fingerprint density at radius 2 is 1.51 bits per heavy atom. The fourth-order valence-corrected chi connectivity index (χ4v) is 5.03. The van der Waals surface area contributed by atoms with Crippen LogP contribution in [-0.2, 0) is 26.0 Å². The summed E-state index contributed by atoms with van der Waals surface area (Å²) in [4.78, 5) is 26.0. The number of sulfonamides is 1. The van der Waals surface area contributed by atoms with E-state index in [-0.39, 0.29) is 29.7 Å². The van der Waals surface area contributed by atoms with E-state index < -0.39 is 22.0 Å². The molecule has 0 aromatic heterocycles. The van der Waals surface area contributed by atoms with E-state index >= 15 is 0 Å². The SMILES string of the molecule is Cc1ccc(S(=O)(=O)NC(CCCN=C(N)N)C(N)=O)c2ccccc12.NC(=O)CCc1ccccc1. The predicted molar refractivity (Wildman–Crippen MR) is 146 cm³/mol. The molecule has 0 aliphatic rings. The number of guanidine groups is 1. The lowest BCUT2D eigenvalue weighted by molar-refractivity contribution is -0.120. The van der Waals surface area contributed by atoms with Crippen molar-refractivity contribution in [3.8, 4) is 0 Å². The Morgan fingerprint density at radius 1 is 0.892 bits per heavy atom. The van der Waals surface area contributed by atoms with Crippen molar-refractivity contribution in [1.29, 1.82) is 0 Å². The van der Waals surface area contributed by atoms with Crippen molar-refractivity contribution in [1.82, 2.24) is 4.72 Å². The second-order valence-corrected chi connectivity index (χ2v) is 10.1. The molecule has 37 heavy (non-hydrogen) atoms. The van der Waals surface area contributed by atoms with E-state index in [9.17, 15) is 18.0 Å². The number of hydrogen-bond acceptors (Lipinski definition) is 5. The topological polar surface area (TPSA) is 197 Å². The molecule has 0 radical (unpaired) electrons. The van der Waals surface area contributed by atoms with Crippen molar-refractivity contribution < 1.29 is 18.0 Å². The molecule has 10 nitrogen and oxygen atoms in total. The summed E-state index contributed by atoms with van der Waals surface area (Å²) in [6.07, 6.45) is 1.78. The van der Waals surface area contributed by atoms with Crippen molar-refractivity contribution in [2.24, 2.45) is 27.9 Å². The van der Waals surface area contributed by atoms with Crippen LogP contribution in [0.25, 0.3) is 10.8 Å². The van der Waals surface area contributed by atoms with Gasteiger partial charge in [0, 0.05) is 18.4 Å². The van der Waals surface area contributed by atoms with Gasteiger partial charge in [-0.2, -0.15) is 4.72 Å². The fraction of sp³-hybridized carbons (Fsp3) is 0.269. The monoisotopic (exact) mass is 526 g/mol. The zero-order valence-electron chi connectivity index (χ0n) is 20.8. The largest absolute Gasteiger partial charge is 0.370 e. The molecular formula is C26H34N6O4S. The highest BCUT2D eigenvalue weighted by molar-refractivity contribution is 7.89. The Kier molecular flexibility index (Phi) is 11.0. The van der Waals surface area contributed by atoms with Crippen LogP contribution in [0.3, 0.4) is 0 Å². The number of amides is 2. The minimum atomic E-state index is -3.94. The quantitative estimate of drug-likeness (QED) is 0.142. The van der Waals surface area contributed by atoms with Crippen LogP contribution in [0.15, 0.2) is 76.6 Å². The van der Waals surface area contributed by atoms with Gasteiger partial charge in [0.05, 0.1) is 4.90 Å². The second-order valence-electron chi connectivity index (χ2n) is 8.40. The molecule has 0 aliphatic heterocycles. The molecule has 198 valence electrons. The Hall–Kier alpha value is -3.96. The van der Waals surface area contributed by atoms with Crippen molar-refractivity contribution in [2.75, 3.05) is 6.54 Å². The van der Waals surface area contributed by atoms with Crippen LogP contribution in [-0.4, -0.2) is 38.8 Å². The van der Waals surface area contributed by atoms with Gasteiger partial charge in [0.1, 0.15) is 6.04 Å². The van der Waals surface area contributed by atoms with Crippen LogP contribution < -0.4 is 27.7 Å². The van der Waals surface area contributed by atoms with Crippen LogP contribution >= 0.6 is 0 Å². The summed E-state index contributed by atoms with van der Waals surface area (Å²) in [5, 5.41) is 1.42. The lowest BCUT2D eigenvalue weighted by atomic mass is 10.1. The Bertz CT molecular complexity index is 1340. The Balaban J connectivity index is 0.000000364. The van der Waals surface area contributed by atoms with Crippen LogP contribution in [0.4, 0.5) is 0 Å². The minimum Gasteiger partial charge on any atom is -0.370 e. The van der Waals surface area contributed by atoms with E-state index in [0.29, 0.717) is 18.2 Å². The zero-order chi connectivity index (χ0) is 27.4. The molecule has 11 heteroatoms. The minimum absolute atomic E-state index is 0.0627. The number of carbonyl (C=O) groups is 2. The first-order valence-electron chi connectivity index (χ1n) is 11.7. The third-order valence-corrected chi connectivity index (χ3v) is 7.01. The van der Waals surface area contributed by atoms with Gasteiger partial charge in [-0.05, 0) is 48.8 Å². The highest BCUT2D eigenvalue weighted by Gasteiger charge is 2.25. The third kappa shape index (κ3) is 9.54. The maximum atomic E-state index is 12.8. The van der Waals surface area contributed by atoms with E-state index in [1.165, 1.54) is 6.07 Å². The number of benzene rings is 3. The summed E-state index contributed by atoms with van der Waals surface area (Å²) in [5.41, 5.74) is 22.9. The first-order chi connectivity index (χ1) is 17.5. The molecule has 1 atom stereocenters. The van der Waals surface area contributed by atoms with Crippen molar-refractivity contribution in [3.05, 3.63) is 77.9 Å². The fourth-order valence-electron chi connectivity index (χ4n) is 3.58. The molecule has 0 heterocycles. The molecule has 0 saturated carbocycles. The molecule has 3 aromatic carbocycles. The van der Waals surface area contributed by atoms with Gasteiger partial charge >= 0.3 is 0 Å². The number of aliphatic imine (C=N–C) groups is 1. The summed E-state index contributed by atoms with van der Waals surface area (Å²) < 4.78 is 28.0. The number of rotatable bonds is 11. The van der Waals surface area contributed by atoms with E-state index in [0.717, 1.165) is 22.9 Å². The van der Waals surface area contributed by atoms with Crippen molar-refractivity contribution in [3.63, 3.8) is 0 Å². The molecule has 0 spiro atoms. The smallest absolute Gasteiger partial charge is 0.241 e. The maximum Gasteiger partial charge on any atom is 0.241 e. The normalized spacial score (nSPS) is 11.7. The summed E-state index contributed by atoms with van der Waals surface area (Å²) in [6.45, 7) is 2.18. The maximum absolute atomic E-state index is 12.8. The van der Waals surface area contributed by atoms with Gasteiger partial charge in [0.15, 0.2) is 5.96 Å². The van der Waals surface area contributed by atoms with Crippen molar-refractivity contribution in [2.45, 2.75) is 43.5 Å². The van der Waals surface area contributed by atoms with Gasteiger partial charge in [-0.15, -0.1) is 0 Å². The predicted octanol–water partition coefficient (Wildman–Crippen LogP) is 1.44. The van der Waals surface area contributed by atoms with E-state index in [1.807, 2.05) is 49.4 Å². The Morgan fingerprint density at radius 3 is 2.11 bits per heavy atom. The number of nitrogens with one attached hydrogen (secondary N) is 1. The molecule has 1 unspecified atom stereocenters. The number of carbonyl (C=O) groups excluding carboxylic acids is 2. The number of nitrogens with two attached hydrogens (primary N) is 4. The van der Waals surface area contributed by atoms with Gasteiger partial charge < -0.3 is 22.9 Å². The molecule has 0 bridgehead atoms. The summed E-state index contributed by atoms with van der Waals surface area (Å²) >= 11 is 0. The zero-order valence-corrected chi connectivity index (χ0v) is 21.6. The average molecular weight is 527 g/mol. The van der Waals surface area contributed by atoms with E-state index in [2.05, 4.69) is 9.71 Å². The van der Waals surface area contributed by atoms with Gasteiger partial charge in [-0.1, -0.05) is 60.7 Å². The summed E-state index contributed by atoms with van der Waals surface area (Å²) in [7, 11) is -3.94. The molecule has 2 amide bonds. The van der Waals surface area contributed by atoms with E-state index in [1.54, 1.807) is 18.2 Å². The van der Waals surface area contributed by atoms with Gasteiger partial charge in [-0.25, -0.2) is 8.42 Å². The first-order valence-corrected chi connectivity index (χ1v) is 13.2. The van der Waals surface area contributed by atoms with Crippen LogP contribution in [0.5, 0.6) is 0 Å². The van der Waals surface area contributed by atoms with Gasteiger partial charge in [0.25, 0.3) is 0 Å². The molecule has 9 N–H and O–H groups in total. The third-order valence-electron chi connectivity index (χ3n) is 5.48. The molecule has 0 saturated heterocycles. The highest BCUT2D eigenvalue weighted by atomic mass is 32.2. The number of primary amides is 2. The lowest BCUT2D eigenvalue weighted by Gasteiger charge is -2.17. The lowest BCUT2D eigenvalue weighted by Crippen LogP contribution is -2.44. The number of fused-ring (bicyclic) bond motifs is 1. The first kappa shape index (κ1) is 29.3. The molecular weight excluding hydrogens is 492 g/mol. The number of nitrogens with zero attached hydrogens (tertiary/aromatic N) is 1. The number of aryl methyl sites for hydroxylation is 2. The Labute approximate surface area is 217 Å². The van der Waals surface area contributed by atoms with Crippen LogP contribution in [0.1, 0.15) is 30.4 Å². The number of hydrogen-bond donors (Lipinski definition) is 5. The van der Waals surface area contributed by atoms with E-state index in [4.69, 9.17) is 22.9 Å². The summed E-state index contributed by atoms with van der Waals surface area (Å²) in [6, 6.07) is 19.2. The molecule has 0 aliphatic carbocycles. The second kappa shape index (κ2) is 14.0. The highest BCUT2D eigenvalue weighted by Crippen LogP contribution is 2.26. The molecule has 0 fully saturated rings. The average Bonchev–Trinajstić information content (AvgIpc) is 2.85. The van der Waals surface area contributed by atoms with Crippen molar-refractivity contribution >= 4 is 38.6 Å². The molecule has 3 rings (SSSR count). The van der Waals surface area contributed by atoms with Crippen LogP contribution in [0, 0.1) is 6.92 Å². The van der Waals surface area contributed by atoms with Gasteiger partial charge in [0.2, 0.25) is 21.8 Å².